The number of ether oxygens (including phenoxy) is 2. The van der Waals surface area contributed by atoms with Gasteiger partial charge in [-0.2, -0.15) is 0 Å². The molecule has 1 aromatic carbocycles. The normalized spacial score (nSPS) is 24.2. The van der Waals surface area contributed by atoms with Gasteiger partial charge in [-0.15, -0.1) is 0 Å². The van der Waals surface area contributed by atoms with E-state index in [1.165, 1.54) is 0 Å². The molecule has 1 aliphatic rings. The molecule has 0 saturated carbocycles. The molecule has 1 fully saturated rings. The van der Waals surface area contributed by atoms with Gasteiger partial charge in [0.25, 0.3) is 5.91 Å². The first-order valence-corrected chi connectivity index (χ1v) is 6.77. The van der Waals surface area contributed by atoms with Gasteiger partial charge in [0.2, 0.25) is 6.10 Å². The summed E-state index contributed by atoms with van der Waals surface area (Å²) in [6.07, 6.45) is -3.95. The molecule has 0 spiro atoms. The zero-order chi connectivity index (χ0) is 16.3. The molecule has 1 N–H and O–H groups in total. The Kier molecular flexibility index (Phi) is 4.77. The van der Waals surface area contributed by atoms with E-state index in [9.17, 15) is 19.5 Å². The molecule has 0 aliphatic carbocycles. The quantitative estimate of drug-likeness (QED) is 0.799. The maximum atomic E-state index is 12.3. The van der Waals surface area contributed by atoms with Crippen molar-refractivity contribution in [2.45, 2.75) is 38.8 Å². The highest BCUT2D eigenvalue weighted by atomic mass is 16.6. The lowest BCUT2D eigenvalue weighted by Crippen LogP contribution is -2.39. The van der Waals surface area contributed by atoms with Crippen LogP contribution in [0.2, 0.25) is 0 Å². The number of carbonyl (C=O) groups excluding carboxylic acids is 3. The van der Waals surface area contributed by atoms with Crippen molar-refractivity contribution >= 4 is 17.8 Å². The molecular weight excluding hydrogens is 290 g/mol. The summed E-state index contributed by atoms with van der Waals surface area (Å²) < 4.78 is 9.85. The number of benzene rings is 1. The van der Waals surface area contributed by atoms with Crippen molar-refractivity contribution in [3.8, 4) is 0 Å². The van der Waals surface area contributed by atoms with Crippen molar-refractivity contribution in [1.82, 2.24) is 4.90 Å². The summed E-state index contributed by atoms with van der Waals surface area (Å²) in [6, 6.07) is 9.01. The molecule has 2 rings (SSSR count). The van der Waals surface area contributed by atoms with Crippen molar-refractivity contribution in [1.29, 1.82) is 0 Å². The summed E-state index contributed by atoms with van der Waals surface area (Å²) in [5, 5.41) is 10.2. The van der Waals surface area contributed by atoms with E-state index >= 15 is 0 Å². The first-order valence-electron chi connectivity index (χ1n) is 6.77. The third-order valence-electron chi connectivity index (χ3n) is 3.23. The van der Waals surface area contributed by atoms with Gasteiger partial charge in [0.05, 0.1) is 0 Å². The highest BCUT2D eigenvalue weighted by molar-refractivity contribution is 5.87. The summed E-state index contributed by atoms with van der Waals surface area (Å²) >= 11 is 0. The molecule has 118 valence electrons. The first kappa shape index (κ1) is 16.0. The van der Waals surface area contributed by atoms with Crippen LogP contribution in [0.25, 0.3) is 0 Å². The summed E-state index contributed by atoms with van der Waals surface area (Å²) in [5.74, 6) is -1.96. The summed E-state index contributed by atoms with van der Waals surface area (Å²) in [5.41, 5.74) is 0.792. The predicted molar refractivity (Wildman–Crippen MR) is 74.1 cm³/mol. The van der Waals surface area contributed by atoms with E-state index < -0.39 is 36.3 Å². The minimum atomic E-state index is -1.37. The average molecular weight is 307 g/mol. The molecule has 0 unspecified atom stereocenters. The van der Waals surface area contributed by atoms with E-state index in [2.05, 4.69) is 0 Å². The van der Waals surface area contributed by atoms with Crippen molar-refractivity contribution in [2.75, 3.05) is 0 Å². The Balaban J connectivity index is 2.22. The number of amides is 1. The first-order chi connectivity index (χ1) is 10.4. The second kappa shape index (κ2) is 6.57. The zero-order valence-electron chi connectivity index (χ0n) is 12.3. The monoisotopic (exact) mass is 307 g/mol. The molecule has 1 heterocycles. The summed E-state index contributed by atoms with van der Waals surface area (Å²) in [4.78, 5) is 35.7. The Labute approximate surface area is 127 Å². The van der Waals surface area contributed by atoms with Crippen molar-refractivity contribution in [3.05, 3.63) is 35.9 Å². The van der Waals surface area contributed by atoms with E-state index in [1.807, 2.05) is 6.07 Å². The van der Waals surface area contributed by atoms with Crippen LogP contribution in [0, 0.1) is 0 Å². The van der Waals surface area contributed by atoms with Gasteiger partial charge < -0.3 is 19.5 Å². The summed E-state index contributed by atoms with van der Waals surface area (Å²) in [7, 11) is 0. The fraction of sp³-hybridized carbons (Fsp3) is 0.400. The number of esters is 2. The second-order valence-corrected chi connectivity index (χ2v) is 4.97. The number of aliphatic hydroxyl groups is 1. The minimum absolute atomic E-state index is 0.121. The molecular formula is C15H17NO6. The van der Waals surface area contributed by atoms with Crippen LogP contribution in [0.15, 0.2) is 30.3 Å². The number of carbonyl (C=O) groups is 3. The van der Waals surface area contributed by atoms with Crippen LogP contribution in [0.4, 0.5) is 0 Å². The van der Waals surface area contributed by atoms with Crippen molar-refractivity contribution < 1.29 is 29.0 Å². The van der Waals surface area contributed by atoms with E-state index in [-0.39, 0.29) is 6.54 Å². The van der Waals surface area contributed by atoms with Crippen LogP contribution in [0.1, 0.15) is 19.4 Å². The van der Waals surface area contributed by atoms with Crippen LogP contribution < -0.4 is 0 Å². The topological polar surface area (TPSA) is 93.1 Å². The zero-order valence-corrected chi connectivity index (χ0v) is 12.3. The van der Waals surface area contributed by atoms with Crippen molar-refractivity contribution in [2.24, 2.45) is 0 Å². The van der Waals surface area contributed by atoms with E-state index in [0.29, 0.717) is 0 Å². The van der Waals surface area contributed by atoms with Gasteiger partial charge >= 0.3 is 11.9 Å². The van der Waals surface area contributed by atoms with Gasteiger partial charge in [0, 0.05) is 20.4 Å². The van der Waals surface area contributed by atoms with Gasteiger partial charge in [0.1, 0.15) is 0 Å². The van der Waals surface area contributed by atoms with Crippen LogP contribution in [-0.2, 0) is 30.4 Å². The molecule has 0 aromatic heterocycles. The van der Waals surface area contributed by atoms with Crippen LogP contribution in [-0.4, -0.2) is 46.3 Å². The Morgan fingerprint density at radius 2 is 1.73 bits per heavy atom. The fourth-order valence-electron chi connectivity index (χ4n) is 2.33. The molecule has 1 saturated heterocycles. The van der Waals surface area contributed by atoms with Gasteiger partial charge in [-0.25, -0.2) is 0 Å². The SMILES string of the molecule is CC(=O)O[C@@H]1[C@H](OC(C)=O)C(=O)N(Cc2ccccc2)[C@@H]1O. The highest BCUT2D eigenvalue weighted by Crippen LogP contribution is 2.26. The molecule has 0 bridgehead atoms. The lowest BCUT2D eigenvalue weighted by Gasteiger charge is -2.22. The largest absolute Gasteiger partial charge is 0.453 e. The van der Waals surface area contributed by atoms with E-state index in [4.69, 9.17) is 9.47 Å². The average Bonchev–Trinajstić information content (AvgIpc) is 2.65. The number of hydrogen-bond donors (Lipinski definition) is 1. The lowest BCUT2D eigenvalue weighted by atomic mass is 10.2. The Hall–Kier alpha value is -2.41. The minimum Gasteiger partial charge on any atom is -0.453 e. The van der Waals surface area contributed by atoms with Gasteiger partial charge in [-0.1, -0.05) is 30.3 Å². The molecule has 22 heavy (non-hydrogen) atoms. The highest BCUT2D eigenvalue weighted by Gasteiger charge is 2.51. The molecule has 7 nitrogen and oxygen atoms in total. The molecule has 3 atom stereocenters. The molecule has 1 aliphatic heterocycles. The Morgan fingerprint density at radius 3 is 2.27 bits per heavy atom. The smallest absolute Gasteiger partial charge is 0.303 e. The number of nitrogens with zero attached hydrogens (tertiary/aromatic N) is 1. The third-order valence-corrected chi connectivity index (χ3v) is 3.23. The number of likely N-dealkylation sites (tertiary alicyclic amines) is 1. The van der Waals surface area contributed by atoms with Crippen LogP contribution in [0.3, 0.4) is 0 Å². The Morgan fingerprint density at radius 1 is 1.14 bits per heavy atom. The number of rotatable bonds is 4. The summed E-state index contributed by atoms with van der Waals surface area (Å²) in [6.45, 7) is 2.42. The molecule has 0 radical (unpaired) electrons. The van der Waals surface area contributed by atoms with Crippen LogP contribution in [0.5, 0.6) is 0 Å². The van der Waals surface area contributed by atoms with Gasteiger partial charge in [-0.05, 0) is 5.56 Å². The molecule has 1 amide bonds. The van der Waals surface area contributed by atoms with Crippen molar-refractivity contribution in [3.63, 3.8) is 0 Å². The maximum absolute atomic E-state index is 12.3. The van der Waals surface area contributed by atoms with Crippen LogP contribution >= 0.6 is 0 Å². The number of aliphatic hydroxyl groups excluding tert-OH is 1. The van der Waals surface area contributed by atoms with E-state index in [0.717, 1.165) is 24.3 Å². The van der Waals surface area contributed by atoms with Gasteiger partial charge in [-0.3, -0.25) is 14.4 Å². The Bertz CT molecular complexity index is 573. The number of hydrogen-bond acceptors (Lipinski definition) is 6. The lowest BCUT2D eigenvalue weighted by molar-refractivity contribution is -0.170. The third kappa shape index (κ3) is 3.43. The van der Waals surface area contributed by atoms with Gasteiger partial charge in [0.15, 0.2) is 12.3 Å². The maximum Gasteiger partial charge on any atom is 0.303 e. The predicted octanol–water partition coefficient (Wildman–Crippen LogP) is 0.211. The molecule has 1 aromatic rings. The van der Waals surface area contributed by atoms with E-state index in [1.54, 1.807) is 24.3 Å². The standard InChI is InChI=1S/C15H17NO6/c1-9(17)21-12-13(22-10(2)18)15(20)16(14(12)19)8-11-6-4-3-5-7-11/h3-7,12-14,19H,8H2,1-2H3/t12-,13+,14-/m1/s1. The second-order valence-electron chi connectivity index (χ2n) is 4.97. The fourth-order valence-corrected chi connectivity index (χ4v) is 2.33. The molecule has 7 heteroatoms.